The third-order valence-electron chi connectivity index (χ3n) is 9.00. The van der Waals surface area contributed by atoms with Crippen LogP contribution in [-0.4, -0.2) is 93.2 Å². The average molecular weight is 650 g/mol. The maximum Gasteiger partial charge on any atom is 0.409 e. The lowest BCUT2D eigenvalue weighted by Gasteiger charge is -2.42. The Kier molecular flexibility index (Phi) is 10.6. The molecule has 248 valence electrons. The number of rotatable bonds is 5. The SMILES string of the molecule is CN[C@@H](C)C(=O)OC1CC(=O)N(C)c2cc(cc(OC)c2Cl)CC(C)=CC=CC(OC)C2(O)CC(OC(=O)N2)C(C)C2OC12C. The van der Waals surface area contributed by atoms with Gasteiger partial charge in [-0.05, 0) is 51.9 Å². The van der Waals surface area contributed by atoms with Gasteiger partial charge in [-0.25, -0.2) is 4.79 Å². The Bertz CT molecular complexity index is 1370. The normalized spacial score (nSPS) is 32.9. The van der Waals surface area contributed by atoms with E-state index in [2.05, 4.69) is 10.6 Å². The molecule has 7 unspecified atom stereocenters. The van der Waals surface area contributed by atoms with Crippen molar-refractivity contribution in [3.63, 3.8) is 0 Å². The summed E-state index contributed by atoms with van der Waals surface area (Å²) in [5.41, 5.74) is -0.646. The molecule has 4 rings (SSSR count). The summed E-state index contributed by atoms with van der Waals surface area (Å²) in [5, 5.41) is 17.2. The molecule has 3 aliphatic rings. The van der Waals surface area contributed by atoms with E-state index >= 15 is 0 Å². The number of carbonyl (C=O) groups is 3. The highest BCUT2D eigenvalue weighted by Gasteiger charge is 2.64. The predicted molar refractivity (Wildman–Crippen MR) is 167 cm³/mol. The van der Waals surface area contributed by atoms with Gasteiger partial charge in [-0.3, -0.25) is 14.9 Å². The lowest BCUT2D eigenvalue weighted by atomic mass is 9.83. The second-order valence-corrected chi connectivity index (χ2v) is 12.6. The number of allylic oxidation sites excluding steroid dienone is 3. The van der Waals surface area contributed by atoms with Gasteiger partial charge >= 0.3 is 12.1 Å². The van der Waals surface area contributed by atoms with Gasteiger partial charge in [-0.15, -0.1) is 0 Å². The Balaban J connectivity index is 1.80. The molecular formula is C32H44ClN3O9. The van der Waals surface area contributed by atoms with E-state index in [1.165, 1.54) is 19.1 Å². The summed E-state index contributed by atoms with van der Waals surface area (Å²) in [4.78, 5) is 40.9. The van der Waals surface area contributed by atoms with Crippen molar-refractivity contribution < 1.29 is 43.2 Å². The van der Waals surface area contributed by atoms with Gasteiger partial charge in [-0.2, -0.15) is 0 Å². The van der Waals surface area contributed by atoms with Crippen LogP contribution in [0.3, 0.4) is 0 Å². The average Bonchev–Trinajstić information content (AvgIpc) is 3.69. The summed E-state index contributed by atoms with van der Waals surface area (Å²) in [6.07, 6.45) is 1.52. The number of hydrogen-bond donors (Lipinski definition) is 3. The van der Waals surface area contributed by atoms with Gasteiger partial charge in [-0.1, -0.05) is 42.3 Å². The molecule has 0 spiro atoms. The van der Waals surface area contributed by atoms with Crippen molar-refractivity contribution in [2.75, 3.05) is 33.2 Å². The molecule has 13 heteroatoms. The highest BCUT2D eigenvalue weighted by atomic mass is 35.5. The van der Waals surface area contributed by atoms with Gasteiger partial charge in [0.1, 0.15) is 40.7 Å². The Morgan fingerprint density at radius 1 is 1.29 bits per heavy atom. The van der Waals surface area contributed by atoms with E-state index in [9.17, 15) is 19.5 Å². The summed E-state index contributed by atoms with van der Waals surface area (Å²) in [6, 6.07) is 2.99. The molecule has 45 heavy (non-hydrogen) atoms. The molecule has 1 aromatic carbocycles. The number of alkyl carbamates (subject to hydrolysis) is 1. The van der Waals surface area contributed by atoms with Crippen LogP contribution in [-0.2, 0) is 35.0 Å². The number of ether oxygens (including phenoxy) is 5. The fourth-order valence-corrected chi connectivity index (χ4v) is 6.28. The summed E-state index contributed by atoms with van der Waals surface area (Å²) in [7, 11) is 6.18. The number of aliphatic hydroxyl groups is 1. The second-order valence-electron chi connectivity index (χ2n) is 12.2. The first-order valence-electron chi connectivity index (χ1n) is 14.9. The number of amides is 2. The zero-order valence-electron chi connectivity index (χ0n) is 27.0. The van der Waals surface area contributed by atoms with Crippen LogP contribution in [0, 0.1) is 5.92 Å². The van der Waals surface area contributed by atoms with E-state index in [1.807, 2.05) is 26.0 Å². The minimum absolute atomic E-state index is 0.00553. The Hall–Kier alpha value is -3.16. The van der Waals surface area contributed by atoms with Crippen LogP contribution in [0.5, 0.6) is 5.75 Å². The van der Waals surface area contributed by atoms with E-state index in [0.29, 0.717) is 17.9 Å². The molecule has 8 atom stereocenters. The van der Waals surface area contributed by atoms with Crippen LogP contribution in [0.15, 0.2) is 35.9 Å². The zero-order chi connectivity index (χ0) is 33.3. The van der Waals surface area contributed by atoms with Crippen molar-refractivity contribution in [1.29, 1.82) is 0 Å². The first-order chi connectivity index (χ1) is 21.2. The number of carbonyl (C=O) groups excluding carboxylic acids is 3. The quantitative estimate of drug-likeness (QED) is 0.321. The fraction of sp³-hybridized carbons (Fsp3) is 0.594. The largest absolute Gasteiger partial charge is 0.495 e. The lowest BCUT2D eigenvalue weighted by molar-refractivity contribution is -0.155. The molecule has 4 bridgehead atoms. The Morgan fingerprint density at radius 3 is 2.64 bits per heavy atom. The Morgan fingerprint density at radius 2 is 2.00 bits per heavy atom. The maximum atomic E-state index is 13.8. The predicted octanol–water partition coefficient (Wildman–Crippen LogP) is 3.28. The minimum Gasteiger partial charge on any atom is -0.495 e. The first-order valence-corrected chi connectivity index (χ1v) is 15.3. The molecule has 1 aromatic rings. The van der Waals surface area contributed by atoms with E-state index in [-0.39, 0.29) is 23.8 Å². The van der Waals surface area contributed by atoms with Crippen LogP contribution in [0.1, 0.15) is 46.1 Å². The number of esters is 1. The van der Waals surface area contributed by atoms with Crippen LogP contribution in [0.4, 0.5) is 10.5 Å². The van der Waals surface area contributed by atoms with E-state index in [4.69, 9.17) is 35.3 Å². The fourth-order valence-electron chi connectivity index (χ4n) is 5.97. The second kappa shape index (κ2) is 13.7. The number of epoxide rings is 1. The molecule has 0 aliphatic carbocycles. The molecule has 3 aliphatic heterocycles. The van der Waals surface area contributed by atoms with Gasteiger partial charge in [0.05, 0.1) is 25.3 Å². The number of fused-ring (bicyclic) bond motifs is 5. The molecule has 2 saturated heterocycles. The monoisotopic (exact) mass is 649 g/mol. The standard InChI is InChI=1S/C32H44ClN3O9/c1-17-10-9-11-24(42-8)32(40)16-23(43-30(39)35-32)18(2)28-31(4,45-28)25(44-29(38)19(3)34-5)15-26(37)36(6)21-13-20(12-17)14-22(41-7)27(21)33/h9-11,13-14,18-19,23-25,28,34,40H,12,15-16H2,1-8H3,(H,35,39)/t18?,19-,23?,24?,25?,28?,31?,32?/m0/s1. The smallest absolute Gasteiger partial charge is 0.409 e. The van der Waals surface area contributed by atoms with Gasteiger partial charge in [0.15, 0.2) is 5.72 Å². The Labute approximate surface area is 269 Å². The van der Waals surface area contributed by atoms with Crippen LogP contribution in [0.25, 0.3) is 0 Å². The van der Waals surface area contributed by atoms with Gasteiger partial charge in [0.25, 0.3) is 0 Å². The third-order valence-corrected chi connectivity index (χ3v) is 9.38. The van der Waals surface area contributed by atoms with Crippen molar-refractivity contribution in [1.82, 2.24) is 10.6 Å². The number of halogens is 1. The highest BCUT2D eigenvalue weighted by molar-refractivity contribution is 6.35. The highest BCUT2D eigenvalue weighted by Crippen LogP contribution is 2.49. The van der Waals surface area contributed by atoms with E-state index in [1.54, 1.807) is 46.2 Å². The molecule has 0 radical (unpaired) electrons. The van der Waals surface area contributed by atoms with Crippen molar-refractivity contribution in [2.45, 2.75) is 88.7 Å². The molecular weight excluding hydrogens is 606 g/mol. The van der Waals surface area contributed by atoms with Crippen molar-refractivity contribution in [3.05, 3.63) is 46.5 Å². The van der Waals surface area contributed by atoms with E-state index in [0.717, 1.165) is 11.1 Å². The summed E-state index contributed by atoms with van der Waals surface area (Å²) in [5.74, 6) is -0.974. The van der Waals surface area contributed by atoms with Crippen molar-refractivity contribution >= 4 is 35.3 Å². The molecule has 0 aromatic heterocycles. The molecule has 0 saturated carbocycles. The minimum atomic E-state index is -1.78. The van der Waals surface area contributed by atoms with E-state index < -0.39 is 59.8 Å². The summed E-state index contributed by atoms with van der Waals surface area (Å²) in [6.45, 7) is 7.17. The van der Waals surface area contributed by atoms with Crippen LogP contribution < -0.4 is 20.3 Å². The van der Waals surface area contributed by atoms with Crippen molar-refractivity contribution in [2.24, 2.45) is 5.92 Å². The number of nitrogens with one attached hydrogen (secondary N) is 2. The molecule has 3 heterocycles. The maximum absolute atomic E-state index is 13.8. The number of benzene rings is 1. The first kappa shape index (κ1) is 34.7. The van der Waals surface area contributed by atoms with Gasteiger partial charge < -0.3 is 39.0 Å². The number of hydrogen-bond acceptors (Lipinski definition) is 10. The number of anilines is 1. The third kappa shape index (κ3) is 7.30. The van der Waals surface area contributed by atoms with Crippen LogP contribution in [0.2, 0.25) is 5.02 Å². The van der Waals surface area contributed by atoms with Gasteiger partial charge in [0, 0.05) is 26.5 Å². The number of nitrogens with zero attached hydrogens (tertiary/aromatic N) is 1. The van der Waals surface area contributed by atoms with Gasteiger partial charge in [0.2, 0.25) is 5.91 Å². The number of methoxy groups -OCH3 is 2. The molecule has 12 nitrogen and oxygen atoms in total. The zero-order valence-corrected chi connectivity index (χ0v) is 27.8. The van der Waals surface area contributed by atoms with Crippen LogP contribution >= 0.6 is 11.6 Å². The molecule has 3 N–H and O–H groups in total. The lowest BCUT2D eigenvalue weighted by Crippen LogP contribution is -2.63. The molecule has 2 amide bonds. The molecule has 2 fully saturated rings. The number of likely N-dealkylation sites (N-methyl/N-ethyl adjacent to an activating group) is 1. The van der Waals surface area contributed by atoms with Crippen molar-refractivity contribution in [3.8, 4) is 5.75 Å². The topological polar surface area (TPSA) is 148 Å². The summed E-state index contributed by atoms with van der Waals surface area (Å²) < 4.78 is 28.8. The summed E-state index contributed by atoms with van der Waals surface area (Å²) >= 11 is 6.69.